The lowest BCUT2D eigenvalue weighted by molar-refractivity contribution is -0.117. The number of ether oxygens (including phenoxy) is 2. The molecule has 2 aliphatic rings. The van der Waals surface area contributed by atoms with Crippen LogP contribution in [0, 0.1) is 0 Å². The maximum Gasteiger partial charge on any atom is 0.253 e. The Labute approximate surface area is 186 Å². The third-order valence-corrected chi connectivity index (χ3v) is 6.11. The quantitative estimate of drug-likeness (QED) is 0.743. The Bertz CT molecular complexity index is 946. The van der Waals surface area contributed by atoms with Crippen LogP contribution < -0.4 is 14.8 Å². The van der Waals surface area contributed by atoms with E-state index in [-0.39, 0.29) is 18.4 Å². The number of nitrogens with zero attached hydrogens (tertiary/aromatic N) is 2. The number of likely N-dealkylation sites (N-methyl/N-ethyl adjacent to an activating group) is 1. The van der Waals surface area contributed by atoms with E-state index < -0.39 is 0 Å². The molecule has 1 N–H and O–H groups in total. The molecule has 0 aromatic heterocycles. The first-order chi connectivity index (χ1) is 15.1. The van der Waals surface area contributed by atoms with Crippen molar-refractivity contribution in [2.75, 3.05) is 56.7 Å². The monoisotopic (exact) mass is 441 g/mol. The molecule has 0 unspecified atom stereocenters. The number of amides is 2. The van der Waals surface area contributed by atoms with Gasteiger partial charge in [-0.15, -0.1) is 0 Å². The summed E-state index contributed by atoms with van der Waals surface area (Å²) in [6, 6.07) is 13.0. The molecule has 164 valence electrons. The van der Waals surface area contributed by atoms with Crippen LogP contribution >= 0.6 is 11.8 Å². The lowest BCUT2D eigenvalue weighted by atomic mass is 10.1. The summed E-state index contributed by atoms with van der Waals surface area (Å²) in [4.78, 5) is 29.0. The van der Waals surface area contributed by atoms with Gasteiger partial charge in [-0.05, 0) is 42.9 Å². The number of carbonyl (C=O) groups is 2. The first-order valence-electron chi connectivity index (χ1n) is 10.4. The smallest absolute Gasteiger partial charge is 0.253 e. The van der Waals surface area contributed by atoms with Gasteiger partial charge in [0.1, 0.15) is 13.2 Å². The number of thioether (sulfide) groups is 1. The molecule has 0 radical (unpaired) electrons. The molecule has 7 nitrogen and oxygen atoms in total. The van der Waals surface area contributed by atoms with Gasteiger partial charge in [0, 0.05) is 42.4 Å². The lowest BCUT2D eigenvalue weighted by Crippen LogP contribution is -2.37. The van der Waals surface area contributed by atoms with E-state index in [2.05, 4.69) is 5.32 Å². The Morgan fingerprint density at radius 3 is 2.65 bits per heavy atom. The van der Waals surface area contributed by atoms with Crippen LogP contribution in [0.3, 0.4) is 0 Å². The summed E-state index contributed by atoms with van der Waals surface area (Å²) < 4.78 is 11.2. The Morgan fingerprint density at radius 1 is 1.06 bits per heavy atom. The largest absolute Gasteiger partial charge is 0.486 e. The molecule has 1 fully saturated rings. The highest BCUT2D eigenvalue weighted by Crippen LogP contribution is 2.31. The van der Waals surface area contributed by atoms with Crippen LogP contribution in [-0.2, 0) is 11.3 Å². The van der Waals surface area contributed by atoms with Gasteiger partial charge in [0.2, 0.25) is 5.91 Å². The minimum atomic E-state index is -0.126. The Kier molecular flexibility index (Phi) is 6.99. The van der Waals surface area contributed by atoms with Gasteiger partial charge >= 0.3 is 0 Å². The molecule has 2 aromatic carbocycles. The number of carbonyl (C=O) groups excluding carboxylic acids is 2. The third-order valence-electron chi connectivity index (χ3n) is 5.16. The van der Waals surface area contributed by atoms with E-state index in [0.29, 0.717) is 31.0 Å². The van der Waals surface area contributed by atoms with Crippen LogP contribution in [0.25, 0.3) is 0 Å². The molecule has 0 atom stereocenters. The zero-order chi connectivity index (χ0) is 21.6. The number of hydrogen-bond acceptors (Lipinski definition) is 6. The molecule has 0 aliphatic carbocycles. The molecule has 8 heteroatoms. The highest BCUT2D eigenvalue weighted by Gasteiger charge is 2.19. The van der Waals surface area contributed by atoms with Crippen molar-refractivity contribution >= 4 is 29.3 Å². The average molecular weight is 442 g/mol. The molecule has 31 heavy (non-hydrogen) atoms. The Balaban J connectivity index is 1.31. The maximum atomic E-state index is 12.7. The summed E-state index contributed by atoms with van der Waals surface area (Å²) in [7, 11) is 1.89. The number of nitrogens with one attached hydrogen (secondary N) is 1. The maximum absolute atomic E-state index is 12.7. The lowest BCUT2D eigenvalue weighted by Gasteiger charge is -2.26. The number of anilines is 1. The molecule has 2 aromatic rings. The van der Waals surface area contributed by atoms with E-state index in [1.54, 1.807) is 18.2 Å². The molecule has 0 bridgehead atoms. The molecule has 1 saturated heterocycles. The highest BCUT2D eigenvalue weighted by atomic mass is 32.2. The van der Waals surface area contributed by atoms with Gasteiger partial charge in [0.25, 0.3) is 5.91 Å². The number of fused-ring (bicyclic) bond motifs is 1. The summed E-state index contributed by atoms with van der Waals surface area (Å²) in [5.41, 5.74) is 2.29. The molecule has 2 amide bonds. The molecule has 0 saturated carbocycles. The van der Waals surface area contributed by atoms with Gasteiger partial charge in [-0.3, -0.25) is 14.5 Å². The second-order valence-corrected chi connectivity index (χ2v) is 8.91. The fourth-order valence-electron chi connectivity index (χ4n) is 3.68. The van der Waals surface area contributed by atoms with Gasteiger partial charge in [0.15, 0.2) is 11.5 Å². The van der Waals surface area contributed by atoms with Crippen molar-refractivity contribution < 1.29 is 19.1 Å². The fraction of sp³-hybridized carbons (Fsp3) is 0.391. The van der Waals surface area contributed by atoms with Crippen molar-refractivity contribution in [1.82, 2.24) is 9.80 Å². The highest BCUT2D eigenvalue weighted by molar-refractivity contribution is 7.99. The second-order valence-electron chi connectivity index (χ2n) is 7.68. The summed E-state index contributed by atoms with van der Waals surface area (Å²) >= 11 is 1.87. The van der Waals surface area contributed by atoms with Crippen LogP contribution in [-0.4, -0.2) is 73.0 Å². The van der Waals surface area contributed by atoms with Crippen LogP contribution in [0.2, 0.25) is 0 Å². The normalized spacial score (nSPS) is 15.6. The van der Waals surface area contributed by atoms with E-state index in [0.717, 1.165) is 41.7 Å². The van der Waals surface area contributed by atoms with Crippen LogP contribution in [0.4, 0.5) is 5.69 Å². The summed E-state index contributed by atoms with van der Waals surface area (Å²) in [6.45, 7) is 3.49. The minimum Gasteiger partial charge on any atom is -0.486 e. The van der Waals surface area contributed by atoms with Crippen LogP contribution in [0.15, 0.2) is 42.5 Å². The summed E-state index contributed by atoms with van der Waals surface area (Å²) in [5.74, 6) is 3.34. The van der Waals surface area contributed by atoms with Gasteiger partial charge in [-0.1, -0.05) is 12.1 Å². The average Bonchev–Trinajstić information content (AvgIpc) is 2.79. The van der Waals surface area contributed by atoms with Crippen molar-refractivity contribution in [3.63, 3.8) is 0 Å². The van der Waals surface area contributed by atoms with E-state index in [9.17, 15) is 9.59 Å². The van der Waals surface area contributed by atoms with Crippen molar-refractivity contribution in [1.29, 1.82) is 0 Å². The molecular formula is C23H27N3O4S. The van der Waals surface area contributed by atoms with Gasteiger partial charge in [-0.2, -0.15) is 11.8 Å². The van der Waals surface area contributed by atoms with Gasteiger partial charge < -0.3 is 19.7 Å². The van der Waals surface area contributed by atoms with Crippen molar-refractivity contribution in [3.8, 4) is 11.5 Å². The zero-order valence-corrected chi connectivity index (χ0v) is 18.5. The molecular weight excluding hydrogens is 414 g/mol. The zero-order valence-electron chi connectivity index (χ0n) is 17.6. The number of rotatable bonds is 6. The van der Waals surface area contributed by atoms with Gasteiger partial charge in [0.05, 0.1) is 6.54 Å². The molecule has 2 heterocycles. The Morgan fingerprint density at radius 2 is 1.84 bits per heavy atom. The van der Waals surface area contributed by atoms with E-state index in [1.165, 1.54) is 0 Å². The fourth-order valence-corrected chi connectivity index (χ4v) is 4.58. The van der Waals surface area contributed by atoms with E-state index >= 15 is 0 Å². The van der Waals surface area contributed by atoms with Gasteiger partial charge in [-0.25, -0.2) is 0 Å². The van der Waals surface area contributed by atoms with Crippen LogP contribution in [0.1, 0.15) is 15.9 Å². The van der Waals surface area contributed by atoms with Crippen molar-refractivity contribution in [3.05, 3.63) is 53.6 Å². The SMILES string of the molecule is CN(CC(=O)Nc1cccc(C(=O)N2CCSCC2)c1)Cc1ccc2c(c1)OCCO2. The third kappa shape index (κ3) is 5.71. The van der Waals surface area contributed by atoms with Crippen molar-refractivity contribution in [2.45, 2.75) is 6.54 Å². The predicted molar refractivity (Wildman–Crippen MR) is 122 cm³/mol. The van der Waals surface area contributed by atoms with Crippen molar-refractivity contribution in [2.24, 2.45) is 0 Å². The predicted octanol–water partition coefficient (Wildman–Crippen LogP) is 2.72. The Hall–Kier alpha value is -2.71. The van der Waals surface area contributed by atoms with E-state index in [4.69, 9.17) is 9.47 Å². The molecule has 2 aliphatic heterocycles. The first-order valence-corrected chi connectivity index (χ1v) is 11.6. The van der Waals surface area contributed by atoms with E-state index in [1.807, 2.05) is 52.9 Å². The number of hydrogen-bond donors (Lipinski definition) is 1. The number of benzene rings is 2. The standard InChI is InChI=1S/C23H27N3O4S/c1-25(15-17-5-6-20-21(13-17)30-10-9-29-20)16-22(27)24-19-4-2-3-18(14-19)23(28)26-7-11-31-12-8-26/h2-6,13-14H,7-12,15-16H2,1H3,(H,24,27). The topological polar surface area (TPSA) is 71.1 Å². The summed E-state index contributed by atoms with van der Waals surface area (Å²) in [6.07, 6.45) is 0. The second kappa shape index (κ2) is 10.1. The minimum absolute atomic E-state index is 0.0205. The first kappa shape index (κ1) is 21.5. The van der Waals surface area contributed by atoms with Crippen LogP contribution in [0.5, 0.6) is 11.5 Å². The molecule has 0 spiro atoms. The molecule has 4 rings (SSSR count). The summed E-state index contributed by atoms with van der Waals surface area (Å²) in [5, 5.41) is 2.91.